The van der Waals surface area contributed by atoms with Crippen molar-refractivity contribution in [1.29, 1.82) is 0 Å². The third-order valence-corrected chi connectivity index (χ3v) is 7.73. The van der Waals surface area contributed by atoms with Gasteiger partial charge in [0.1, 0.15) is 5.75 Å². The minimum absolute atomic E-state index is 0.0240. The first-order chi connectivity index (χ1) is 19.5. The maximum absolute atomic E-state index is 13.3. The summed E-state index contributed by atoms with van der Waals surface area (Å²) in [6, 6.07) is 10.6. The van der Waals surface area contributed by atoms with Crippen molar-refractivity contribution in [1.82, 2.24) is 10.3 Å². The molecule has 0 aromatic heterocycles. The fourth-order valence-electron chi connectivity index (χ4n) is 5.42. The average Bonchev–Trinajstić information content (AvgIpc) is 2.99. The molecule has 0 spiro atoms. The van der Waals surface area contributed by atoms with Crippen molar-refractivity contribution in [3.05, 3.63) is 65.2 Å². The van der Waals surface area contributed by atoms with Gasteiger partial charge in [-0.1, -0.05) is 31.1 Å². The van der Waals surface area contributed by atoms with Crippen molar-refractivity contribution in [2.45, 2.75) is 51.2 Å². The number of hydrogen-bond donors (Lipinski definition) is 4. The van der Waals surface area contributed by atoms with E-state index in [0.29, 0.717) is 35.7 Å². The second-order valence-electron chi connectivity index (χ2n) is 10.4. The van der Waals surface area contributed by atoms with Crippen LogP contribution in [0.5, 0.6) is 17.2 Å². The van der Waals surface area contributed by atoms with Crippen LogP contribution in [0.4, 0.5) is 0 Å². The van der Waals surface area contributed by atoms with Crippen LogP contribution in [-0.4, -0.2) is 65.8 Å². The lowest BCUT2D eigenvalue weighted by Crippen LogP contribution is -2.45. The average molecular weight is 552 g/mol. The molecular formula is C31H41N3O6. The Morgan fingerprint density at radius 1 is 1.00 bits per heavy atom. The molecule has 1 heterocycles. The smallest absolute Gasteiger partial charge is 0.246 e. The number of allylic oxidation sites excluding steroid dienone is 2. The molecule has 1 aliphatic heterocycles. The van der Waals surface area contributed by atoms with E-state index in [2.05, 4.69) is 17.5 Å². The van der Waals surface area contributed by atoms with Crippen molar-refractivity contribution in [3.63, 3.8) is 0 Å². The number of nitrogens with zero attached hydrogens (tertiary/aromatic N) is 2. The third-order valence-electron chi connectivity index (χ3n) is 7.73. The molecule has 1 aliphatic carbocycles. The Balaban J connectivity index is 1.26. The zero-order valence-corrected chi connectivity index (χ0v) is 23.4. The first-order valence-electron chi connectivity index (χ1n) is 14.1. The normalized spacial score (nSPS) is 19.2. The summed E-state index contributed by atoms with van der Waals surface area (Å²) in [6.45, 7) is 1.47. The fourth-order valence-corrected chi connectivity index (χ4v) is 5.42. The molecule has 40 heavy (non-hydrogen) atoms. The number of benzene rings is 2. The number of methoxy groups -OCH3 is 2. The van der Waals surface area contributed by atoms with Crippen LogP contribution in [0.2, 0.25) is 0 Å². The van der Waals surface area contributed by atoms with Gasteiger partial charge in [-0.2, -0.15) is 5.10 Å². The molecule has 3 atom stereocenters. The zero-order valence-electron chi connectivity index (χ0n) is 23.4. The summed E-state index contributed by atoms with van der Waals surface area (Å²) < 4.78 is 10.9. The van der Waals surface area contributed by atoms with Crippen LogP contribution in [-0.2, 0) is 11.4 Å². The predicted molar refractivity (Wildman–Crippen MR) is 153 cm³/mol. The van der Waals surface area contributed by atoms with E-state index in [4.69, 9.17) is 14.6 Å². The lowest BCUT2D eigenvalue weighted by molar-refractivity contribution is -0.137. The number of carbonyl (C=O) groups is 1. The summed E-state index contributed by atoms with van der Waals surface area (Å²) in [5.74, 6) is 1.40. The monoisotopic (exact) mass is 551 g/mol. The number of unbranched alkanes of at least 4 members (excludes halogenated alkanes) is 3. The minimum Gasteiger partial charge on any atom is -0.508 e. The molecular weight excluding hydrogens is 510 g/mol. The Morgan fingerprint density at radius 2 is 1.75 bits per heavy atom. The summed E-state index contributed by atoms with van der Waals surface area (Å²) >= 11 is 0. The number of phenols is 1. The van der Waals surface area contributed by atoms with E-state index in [9.17, 15) is 20.1 Å². The third kappa shape index (κ3) is 7.02. The summed E-state index contributed by atoms with van der Waals surface area (Å²) in [5, 5.41) is 39.2. The van der Waals surface area contributed by atoms with E-state index in [-0.39, 0.29) is 30.1 Å². The Bertz CT molecular complexity index is 1210. The zero-order chi connectivity index (χ0) is 28.5. The fraction of sp³-hybridized carbons (Fsp3) is 0.484. The summed E-state index contributed by atoms with van der Waals surface area (Å²) in [7, 11) is 3.23. The molecule has 0 bridgehead atoms. The standard InChI is InChI=1S/C31H41N3O6/c1-39-28-14-12-22(18-29(28)40-2)30-24-9-5-6-10-25(24)31(38)34(33-30)16-8-4-3-7-15-32-19-27(37)21-11-13-26(36)23(17-21)20-35/h5-6,11-14,17-18,24-25,27,32,35-37H,3-4,7-10,15-16,19-20H2,1-2H3/t24-,25+,27?/m1/s1. The number of amides is 1. The predicted octanol–water partition coefficient (Wildman–Crippen LogP) is 3.91. The molecule has 2 aliphatic rings. The van der Waals surface area contributed by atoms with E-state index in [1.165, 1.54) is 6.07 Å². The van der Waals surface area contributed by atoms with Crippen LogP contribution < -0.4 is 14.8 Å². The van der Waals surface area contributed by atoms with Gasteiger partial charge >= 0.3 is 0 Å². The van der Waals surface area contributed by atoms with Gasteiger partial charge in [0.2, 0.25) is 5.91 Å². The number of nitrogens with one attached hydrogen (secondary N) is 1. The highest BCUT2D eigenvalue weighted by Gasteiger charge is 2.40. The molecule has 0 saturated heterocycles. The first kappa shape index (κ1) is 29.6. The van der Waals surface area contributed by atoms with Crippen molar-refractivity contribution in [2.75, 3.05) is 33.9 Å². The highest BCUT2D eigenvalue weighted by molar-refractivity contribution is 6.07. The maximum atomic E-state index is 13.3. The van der Waals surface area contributed by atoms with Crippen LogP contribution in [0, 0.1) is 11.8 Å². The molecule has 0 saturated carbocycles. The van der Waals surface area contributed by atoms with Gasteiger partial charge in [-0.15, -0.1) is 0 Å². The Kier molecular flexibility index (Phi) is 10.6. The van der Waals surface area contributed by atoms with Crippen LogP contribution >= 0.6 is 0 Å². The molecule has 1 amide bonds. The van der Waals surface area contributed by atoms with Gasteiger partial charge in [-0.3, -0.25) is 4.79 Å². The van der Waals surface area contributed by atoms with E-state index >= 15 is 0 Å². The van der Waals surface area contributed by atoms with Gasteiger partial charge in [0.05, 0.1) is 38.6 Å². The van der Waals surface area contributed by atoms with Gasteiger partial charge in [-0.05, 0) is 68.1 Å². The molecule has 4 N–H and O–H groups in total. The SMILES string of the molecule is COc1ccc(C2=NN(CCCCCCNCC(O)c3ccc(O)c(CO)c3)C(=O)[C@H]3CC=CC[C@@H]23)cc1OC. The molecule has 0 fully saturated rings. The summed E-state index contributed by atoms with van der Waals surface area (Å²) in [6.07, 6.45) is 8.85. The minimum atomic E-state index is -0.716. The number of carbonyl (C=O) groups excluding carboxylic acids is 1. The number of rotatable bonds is 14. The van der Waals surface area contributed by atoms with Crippen molar-refractivity contribution in [2.24, 2.45) is 16.9 Å². The van der Waals surface area contributed by atoms with Gasteiger partial charge in [0.25, 0.3) is 0 Å². The highest BCUT2D eigenvalue weighted by atomic mass is 16.5. The second-order valence-corrected chi connectivity index (χ2v) is 10.4. The van der Waals surface area contributed by atoms with E-state index in [1.54, 1.807) is 31.4 Å². The van der Waals surface area contributed by atoms with Gasteiger partial charge < -0.3 is 30.1 Å². The molecule has 4 rings (SSSR count). The molecule has 2 aromatic rings. The number of aliphatic hydroxyl groups excluding tert-OH is 2. The topological polar surface area (TPSA) is 124 Å². The van der Waals surface area contributed by atoms with E-state index in [0.717, 1.165) is 56.3 Å². The van der Waals surface area contributed by atoms with E-state index < -0.39 is 6.10 Å². The number of hydrogen-bond acceptors (Lipinski definition) is 8. The van der Waals surface area contributed by atoms with E-state index in [1.807, 2.05) is 18.2 Å². The van der Waals surface area contributed by atoms with Gasteiger partial charge in [-0.25, -0.2) is 5.01 Å². The number of ether oxygens (including phenoxy) is 2. The molecule has 216 valence electrons. The largest absolute Gasteiger partial charge is 0.508 e. The van der Waals surface area contributed by atoms with Crippen molar-refractivity contribution in [3.8, 4) is 17.2 Å². The molecule has 2 aromatic carbocycles. The number of fused-ring (bicyclic) bond motifs is 1. The summed E-state index contributed by atoms with van der Waals surface area (Å²) in [4.78, 5) is 13.3. The van der Waals surface area contributed by atoms with Crippen LogP contribution in [0.1, 0.15) is 61.3 Å². The van der Waals surface area contributed by atoms with Crippen LogP contribution in [0.3, 0.4) is 0 Å². The Hall–Kier alpha value is -3.40. The Labute approximate surface area is 236 Å². The van der Waals surface area contributed by atoms with Gasteiger partial charge in [0.15, 0.2) is 11.5 Å². The maximum Gasteiger partial charge on any atom is 0.246 e. The first-order valence-corrected chi connectivity index (χ1v) is 14.1. The van der Waals surface area contributed by atoms with Crippen LogP contribution in [0.25, 0.3) is 0 Å². The lowest BCUT2D eigenvalue weighted by Gasteiger charge is -2.37. The number of aliphatic hydroxyl groups is 2. The quantitative estimate of drug-likeness (QED) is 0.207. The molecule has 9 nitrogen and oxygen atoms in total. The van der Waals surface area contributed by atoms with Gasteiger partial charge in [0, 0.05) is 30.1 Å². The highest BCUT2D eigenvalue weighted by Crippen LogP contribution is 2.37. The molecule has 0 radical (unpaired) electrons. The van der Waals surface area contributed by atoms with Crippen LogP contribution in [0.15, 0.2) is 53.7 Å². The Morgan fingerprint density at radius 3 is 2.50 bits per heavy atom. The van der Waals surface area contributed by atoms with Crippen molar-refractivity contribution < 1.29 is 29.6 Å². The molecule has 9 heteroatoms. The second kappa shape index (κ2) is 14.3. The van der Waals surface area contributed by atoms with Crippen molar-refractivity contribution >= 4 is 11.6 Å². The lowest BCUT2D eigenvalue weighted by atomic mass is 9.76. The molecule has 1 unspecified atom stereocenters. The number of aromatic hydroxyl groups is 1. The summed E-state index contributed by atoms with van der Waals surface area (Å²) in [5.41, 5.74) is 2.94. The number of hydrazone groups is 1.